The Morgan fingerprint density at radius 3 is 2.67 bits per heavy atom. The fourth-order valence-electron chi connectivity index (χ4n) is 2.39. The molecular formula is C19H18ClN3O2S2. The second kappa shape index (κ2) is 9.21. The molecule has 8 heteroatoms. The van der Waals surface area contributed by atoms with Crippen LogP contribution in [0.25, 0.3) is 10.6 Å². The van der Waals surface area contributed by atoms with Crippen LogP contribution in [0.4, 0.5) is 5.13 Å². The maximum atomic E-state index is 12.6. The van der Waals surface area contributed by atoms with Crippen LogP contribution in [0, 0.1) is 0 Å². The third-order valence-corrected chi connectivity index (χ3v) is 6.25. The molecule has 3 aromatic rings. The average Bonchev–Trinajstić information content (AvgIpc) is 3.15. The molecule has 0 radical (unpaired) electrons. The molecule has 0 spiro atoms. The number of thioether (sulfide) groups is 1. The van der Waals surface area contributed by atoms with E-state index in [0.717, 1.165) is 16.2 Å². The highest BCUT2D eigenvalue weighted by molar-refractivity contribution is 8.00. The fraction of sp³-hybridized carbons (Fsp3) is 0.211. The van der Waals surface area contributed by atoms with Gasteiger partial charge in [-0.15, -0.1) is 22.0 Å². The Bertz CT molecular complexity index is 915. The van der Waals surface area contributed by atoms with Crippen LogP contribution < -0.4 is 10.1 Å². The average molecular weight is 420 g/mol. The van der Waals surface area contributed by atoms with Crippen LogP contribution >= 0.6 is 34.7 Å². The first kappa shape index (κ1) is 19.7. The summed E-state index contributed by atoms with van der Waals surface area (Å²) in [6, 6.07) is 15.0. The number of amides is 1. The second-order valence-electron chi connectivity index (χ2n) is 5.57. The first-order chi connectivity index (χ1) is 13.1. The summed E-state index contributed by atoms with van der Waals surface area (Å²) in [5, 5.41) is 12.8. The molecule has 140 valence electrons. The first-order valence-electron chi connectivity index (χ1n) is 8.30. The topological polar surface area (TPSA) is 64.1 Å². The predicted octanol–water partition coefficient (Wildman–Crippen LogP) is 5.38. The predicted molar refractivity (Wildman–Crippen MR) is 112 cm³/mol. The highest BCUT2D eigenvalue weighted by Crippen LogP contribution is 2.34. The van der Waals surface area contributed by atoms with Crippen LogP contribution in [0.2, 0.25) is 5.02 Å². The number of carbonyl (C=O) groups excluding carboxylic acids is 1. The van der Waals surface area contributed by atoms with Crippen molar-refractivity contribution in [3.8, 4) is 16.3 Å². The van der Waals surface area contributed by atoms with Crippen molar-refractivity contribution in [1.82, 2.24) is 10.2 Å². The summed E-state index contributed by atoms with van der Waals surface area (Å²) in [6.45, 7) is 1.98. The lowest BCUT2D eigenvalue weighted by Crippen LogP contribution is -2.24. The van der Waals surface area contributed by atoms with Crippen LogP contribution in [-0.4, -0.2) is 28.5 Å². The van der Waals surface area contributed by atoms with Gasteiger partial charge in [-0.3, -0.25) is 10.1 Å². The Kier molecular flexibility index (Phi) is 6.71. The molecule has 3 rings (SSSR count). The molecule has 0 aliphatic heterocycles. The van der Waals surface area contributed by atoms with E-state index in [9.17, 15) is 4.79 Å². The van der Waals surface area contributed by atoms with Crippen LogP contribution in [0.3, 0.4) is 0 Å². The van der Waals surface area contributed by atoms with Crippen LogP contribution in [0.15, 0.2) is 53.4 Å². The van der Waals surface area contributed by atoms with E-state index in [4.69, 9.17) is 16.3 Å². The zero-order valence-electron chi connectivity index (χ0n) is 14.8. The van der Waals surface area contributed by atoms with E-state index in [1.165, 1.54) is 23.1 Å². The number of halogens is 1. The summed E-state index contributed by atoms with van der Waals surface area (Å²) >= 11 is 8.73. The number of methoxy groups -OCH3 is 1. The van der Waals surface area contributed by atoms with Gasteiger partial charge >= 0.3 is 0 Å². The zero-order chi connectivity index (χ0) is 19.2. The molecular weight excluding hydrogens is 402 g/mol. The van der Waals surface area contributed by atoms with Crippen molar-refractivity contribution in [3.05, 3.63) is 53.6 Å². The Hall–Kier alpha value is -2.09. The normalized spacial score (nSPS) is 11.8. The molecule has 0 bridgehead atoms. The molecule has 0 fully saturated rings. The molecule has 1 aromatic heterocycles. The number of para-hydroxylation sites is 1. The maximum absolute atomic E-state index is 12.6. The number of anilines is 1. The summed E-state index contributed by atoms with van der Waals surface area (Å²) in [7, 11) is 1.61. The van der Waals surface area contributed by atoms with E-state index in [2.05, 4.69) is 15.5 Å². The lowest BCUT2D eigenvalue weighted by Gasteiger charge is -2.13. The number of hydrogen-bond donors (Lipinski definition) is 1. The van der Waals surface area contributed by atoms with Gasteiger partial charge in [0.1, 0.15) is 5.75 Å². The number of ether oxygens (including phenoxy) is 1. The van der Waals surface area contributed by atoms with Gasteiger partial charge in [0.05, 0.1) is 17.9 Å². The van der Waals surface area contributed by atoms with Crippen LogP contribution in [0.5, 0.6) is 5.75 Å². The molecule has 1 N–H and O–H groups in total. The largest absolute Gasteiger partial charge is 0.496 e. The molecule has 1 amide bonds. The minimum atomic E-state index is -0.232. The van der Waals surface area contributed by atoms with Crippen molar-refractivity contribution in [2.45, 2.75) is 23.5 Å². The van der Waals surface area contributed by atoms with Gasteiger partial charge < -0.3 is 4.74 Å². The minimum absolute atomic E-state index is 0.0971. The molecule has 1 atom stereocenters. The standard InChI is InChI=1S/C19H18ClN3O2S2/c1-3-16(26-13-10-8-12(20)9-11-13)17(24)21-19-23-22-18(27-19)14-6-4-5-7-15(14)25-2/h4-11,16H,3H2,1-2H3,(H,21,23,24). The molecule has 5 nitrogen and oxygen atoms in total. The van der Waals surface area contributed by atoms with Gasteiger partial charge in [-0.05, 0) is 42.8 Å². The first-order valence-corrected chi connectivity index (χ1v) is 10.4. The molecule has 0 saturated heterocycles. The third kappa shape index (κ3) is 5.00. The quantitative estimate of drug-likeness (QED) is 0.521. The molecule has 0 aliphatic rings. The van der Waals surface area contributed by atoms with Crippen molar-refractivity contribution in [2.24, 2.45) is 0 Å². The number of aromatic nitrogens is 2. The summed E-state index contributed by atoms with van der Waals surface area (Å²) < 4.78 is 5.36. The van der Waals surface area contributed by atoms with Crippen molar-refractivity contribution in [1.29, 1.82) is 0 Å². The Morgan fingerprint density at radius 2 is 1.96 bits per heavy atom. The fourth-order valence-corrected chi connectivity index (χ4v) is 4.25. The van der Waals surface area contributed by atoms with Gasteiger partial charge in [-0.25, -0.2) is 0 Å². The van der Waals surface area contributed by atoms with Crippen molar-refractivity contribution >= 4 is 45.7 Å². The summed E-state index contributed by atoms with van der Waals surface area (Å²) in [4.78, 5) is 13.6. The Labute approximate surface area is 171 Å². The summed E-state index contributed by atoms with van der Waals surface area (Å²) in [5.74, 6) is 0.622. The SMILES string of the molecule is CCC(Sc1ccc(Cl)cc1)C(=O)Nc1nnc(-c2ccccc2OC)s1. The smallest absolute Gasteiger partial charge is 0.239 e. The molecule has 0 aliphatic carbocycles. The molecule has 1 unspecified atom stereocenters. The van der Waals surface area contributed by atoms with Crippen molar-refractivity contribution in [2.75, 3.05) is 12.4 Å². The molecule has 27 heavy (non-hydrogen) atoms. The van der Waals surface area contributed by atoms with E-state index < -0.39 is 0 Å². The monoisotopic (exact) mass is 419 g/mol. The minimum Gasteiger partial charge on any atom is -0.496 e. The number of rotatable bonds is 7. The highest BCUT2D eigenvalue weighted by Gasteiger charge is 2.20. The number of hydrogen-bond acceptors (Lipinski definition) is 6. The summed E-state index contributed by atoms with van der Waals surface area (Å²) in [5.41, 5.74) is 0.848. The molecule has 1 heterocycles. The number of nitrogens with one attached hydrogen (secondary N) is 1. The highest BCUT2D eigenvalue weighted by atomic mass is 35.5. The van der Waals surface area contributed by atoms with Gasteiger partial charge in [-0.1, -0.05) is 42.0 Å². The molecule has 0 saturated carbocycles. The number of nitrogens with zero attached hydrogens (tertiary/aromatic N) is 2. The Morgan fingerprint density at radius 1 is 1.22 bits per heavy atom. The second-order valence-corrected chi connectivity index (χ2v) is 8.26. The lowest BCUT2D eigenvalue weighted by atomic mass is 10.2. The van der Waals surface area contributed by atoms with E-state index >= 15 is 0 Å². The van der Waals surface area contributed by atoms with Gasteiger partial charge in [0, 0.05) is 9.92 Å². The Balaban J connectivity index is 1.70. The third-order valence-electron chi connectivity index (χ3n) is 3.75. The van der Waals surface area contributed by atoms with Gasteiger partial charge in [0.15, 0.2) is 5.01 Å². The number of benzene rings is 2. The van der Waals surface area contributed by atoms with Crippen molar-refractivity contribution in [3.63, 3.8) is 0 Å². The van der Waals surface area contributed by atoms with E-state index in [-0.39, 0.29) is 11.2 Å². The van der Waals surface area contributed by atoms with Crippen LogP contribution in [0.1, 0.15) is 13.3 Å². The van der Waals surface area contributed by atoms with Crippen molar-refractivity contribution < 1.29 is 9.53 Å². The number of carbonyl (C=O) groups is 1. The van der Waals surface area contributed by atoms with Gasteiger partial charge in [0.2, 0.25) is 11.0 Å². The zero-order valence-corrected chi connectivity index (χ0v) is 17.2. The molecule has 2 aromatic carbocycles. The van der Waals surface area contributed by atoms with E-state index in [0.29, 0.717) is 21.6 Å². The van der Waals surface area contributed by atoms with Crippen LogP contribution in [-0.2, 0) is 4.79 Å². The summed E-state index contributed by atoms with van der Waals surface area (Å²) in [6.07, 6.45) is 0.692. The maximum Gasteiger partial charge on any atom is 0.239 e. The lowest BCUT2D eigenvalue weighted by molar-refractivity contribution is -0.115. The van der Waals surface area contributed by atoms with E-state index in [1.807, 2.05) is 55.5 Å². The van der Waals surface area contributed by atoms with E-state index in [1.54, 1.807) is 7.11 Å². The van der Waals surface area contributed by atoms with Gasteiger partial charge in [0.25, 0.3) is 0 Å². The van der Waals surface area contributed by atoms with Gasteiger partial charge in [-0.2, -0.15) is 0 Å².